The van der Waals surface area contributed by atoms with E-state index in [-0.39, 0.29) is 51.7 Å². The summed E-state index contributed by atoms with van der Waals surface area (Å²) >= 11 is 0. The van der Waals surface area contributed by atoms with E-state index in [1.165, 1.54) is 130 Å². The zero-order valence-electron chi connectivity index (χ0n) is 31.9. The first-order chi connectivity index (χ1) is 24.6. The third-order valence-corrected chi connectivity index (χ3v) is 9.43. The normalized spacial score (nSPS) is 10.4. The summed E-state index contributed by atoms with van der Waals surface area (Å²) in [5, 5.41) is 11.0. The summed E-state index contributed by atoms with van der Waals surface area (Å²) in [5.41, 5.74) is 5.92. The molecule has 52 heavy (non-hydrogen) atoms. The van der Waals surface area contributed by atoms with Crippen LogP contribution in [-0.2, 0) is 77.4 Å². The van der Waals surface area contributed by atoms with Crippen LogP contribution in [0.2, 0.25) is 0 Å². The van der Waals surface area contributed by atoms with Crippen LogP contribution >= 0.6 is 0 Å². The van der Waals surface area contributed by atoms with E-state index in [1.807, 2.05) is 0 Å². The summed E-state index contributed by atoms with van der Waals surface area (Å²) in [6.45, 7) is 8.92. The van der Waals surface area contributed by atoms with Crippen molar-refractivity contribution < 1.29 is 51.7 Å². The summed E-state index contributed by atoms with van der Waals surface area (Å²) < 4.78 is 0. The van der Waals surface area contributed by atoms with Crippen molar-refractivity contribution in [3.05, 3.63) is 168 Å². The molecule has 0 aliphatic heterocycles. The van der Waals surface area contributed by atoms with Crippen LogP contribution < -0.4 is 0 Å². The van der Waals surface area contributed by atoms with E-state index >= 15 is 0 Å². The van der Waals surface area contributed by atoms with Gasteiger partial charge in [-0.1, -0.05) is 90.5 Å². The first-order valence-electron chi connectivity index (χ1n) is 19.2. The van der Waals surface area contributed by atoms with Gasteiger partial charge in [-0.3, -0.25) is 0 Å². The average Bonchev–Trinajstić information content (AvgIpc) is 3.94. The monoisotopic (exact) mass is 1020 g/mol. The van der Waals surface area contributed by atoms with Gasteiger partial charge in [0.15, 0.2) is 0 Å². The maximum absolute atomic E-state index is 2.31. The van der Waals surface area contributed by atoms with Crippen molar-refractivity contribution in [3.8, 4) is 0 Å². The minimum absolute atomic E-state index is 0. The maximum atomic E-state index is 2.31. The molecule has 0 heterocycles. The van der Waals surface area contributed by atoms with E-state index in [2.05, 4.69) is 173 Å². The van der Waals surface area contributed by atoms with Gasteiger partial charge in [-0.05, 0) is 25.7 Å². The van der Waals surface area contributed by atoms with Gasteiger partial charge in [0.2, 0.25) is 0 Å². The van der Waals surface area contributed by atoms with E-state index in [0.29, 0.717) is 0 Å². The Morgan fingerprint density at radius 3 is 0.808 bits per heavy atom. The molecule has 0 aliphatic carbocycles. The number of unbranched alkanes of at least 4 members (excludes halogenated alkanes) is 2. The summed E-state index contributed by atoms with van der Waals surface area (Å²) in [6.07, 6.45) is 12.5. The third kappa shape index (κ3) is 13.2. The number of benzene rings is 4. The van der Waals surface area contributed by atoms with Crippen LogP contribution in [0.5, 0.6) is 0 Å². The molecule has 0 radical (unpaired) electrons. The second-order valence-corrected chi connectivity index (χ2v) is 13.7. The quantitative estimate of drug-likeness (QED) is 0.0946. The number of hydrogen-bond acceptors (Lipinski definition) is 0. The Hall–Kier alpha value is -2.94. The van der Waals surface area contributed by atoms with Gasteiger partial charge in [0.05, 0.1) is 0 Å². The first-order valence-corrected chi connectivity index (χ1v) is 19.2. The molecule has 8 aromatic rings. The Morgan fingerprint density at radius 1 is 0.327 bits per heavy atom. The van der Waals surface area contributed by atoms with Crippen LogP contribution in [0, 0.1) is 0 Å². The molecule has 0 fully saturated rings. The molecule has 0 bridgehead atoms. The molecule has 0 aromatic heterocycles. The fourth-order valence-corrected chi connectivity index (χ4v) is 6.78. The molecular weight excluding hydrogens is 958 g/mol. The maximum Gasteiger partial charge on any atom is 0 e. The van der Waals surface area contributed by atoms with Crippen LogP contribution in [-0.4, -0.2) is 0 Å². The molecule has 0 unspecified atom stereocenters. The fourth-order valence-electron chi connectivity index (χ4n) is 6.78. The Balaban J connectivity index is 0.000000185. The van der Waals surface area contributed by atoms with E-state index in [0.717, 1.165) is 0 Å². The molecule has 0 spiro atoms. The summed E-state index contributed by atoms with van der Waals surface area (Å²) in [6, 6.07) is 52.6. The molecule has 0 saturated heterocycles. The van der Waals surface area contributed by atoms with Crippen LogP contribution in [0.25, 0.3) is 43.1 Å². The van der Waals surface area contributed by atoms with Crippen LogP contribution in [0.4, 0.5) is 0 Å². The molecule has 0 atom stereocenters. The number of fused-ring (bicyclic) bond motifs is 4. The summed E-state index contributed by atoms with van der Waals surface area (Å²) in [4.78, 5) is 0. The van der Waals surface area contributed by atoms with Crippen molar-refractivity contribution in [1.82, 2.24) is 0 Å². The van der Waals surface area contributed by atoms with Crippen molar-refractivity contribution in [2.24, 2.45) is 0 Å². The predicted octanol–water partition coefficient (Wildman–Crippen LogP) is 14.8. The molecule has 8 aromatic carbocycles. The summed E-state index contributed by atoms with van der Waals surface area (Å²) in [5.74, 6) is 0. The van der Waals surface area contributed by atoms with E-state index in [9.17, 15) is 0 Å². The minimum atomic E-state index is 0. The van der Waals surface area contributed by atoms with Crippen molar-refractivity contribution in [1.29, 1.82) is 0 Å². The van der Waals surface area contributed by atoms with Gasteiger partial charge in [-0.15, -0.1) is 162 Å². The largest absolute Gasteiger partial charge is 0.165 e. The minimum Gasteiger partial charge on any atom is -0.165 e. The molecule has 0 N–H and O–H groups in total. The number of aryl methyl sites for hydroxylation is 4. The predicted molar refractivity (Wildman–Crippen MR) is 223 cm³/mol. The Morgan fingerprint density at radius 2 is 0.577 bits per heavy atom. The second-order valence-electron chi connectivity index (χ2n) is 13.7. The molecule has 0 saturated carbocycles. The Kier molecular flexibility index (Phi) is 19.8. The molecule has 0 aliphatic rings. The molecule has 0 nitrogen and oxygen atoms in total. The third-order valence-electron chi connectivity index (χ3n) is 9.43. The van der Waals surface area contributed by atoms with Gasteiger partial charge in [0.25, 0.3) is 0 Å². The molecule has 2 heteroatoms. The molecule has 8 rings (SSSR count). The van der Waals surface area contributed by atoms with Crippen molar-refractivity contribution >= 4 is 43.1 Å². The Bertz CT molecular complexity index is 1840. The molecule has 268 valence electrons. The topological polar surface area (TPSA) is 0 Å². The summed E-state index contributed by atoms with van der Waals surface area (Å²) in [7, 11) is 0. The van der Waals surface area contributed by atoms with Crippen LogP contribution in [0.1, 0.15) is 88.5 Å². The SMILES string of the molecule is CCCCc1cc2ccccc2[cH-]1.CCCCc1cc2ccccc2[cH-]1.CCCc1cc2ccccc2[cH-]1.CCCc1cc2ccccc2[cH-]1.[Hf].[Hf]. The number of hydrogen-bond donors (Lipinski definition) is 0. The zero-order valence-corrected chi connectivity index (χ0v) is 39.1. The van der Waals surface area contributed by atoms with E-state index in [1.54, 1.807) is 0 Å². The Labute approximate surface area is 351 Å². The second kappa shape index (κ2) is 23.7. The molecule has 0 amide bonds. The van der Waals surface area contributed by atoms with E-state index in [4.69, 9.17) is 0 Å². The average molecular weight is 1010 g/mol. The van der Waals surface area contributed by atoms with Crippen molar-refractivity contribution in [3.63, 3.8) is 0 Å². The standard InChI is InChI=1S/2C13H15.2C12H13.2Hf/c2*1-2-3-6-11-9-12-7-4-5-8-13(12)10-11;2*1-2-5-10-8-11-6-3-4-7-12(11)9-10;;/h2*4-5,7-10H,2-3,6H2,1H3;2*3-4,6-9H,2,5H2,1H3;;/q4*-1;;. The van der Waals surface area contributed by atoms with Gasteiger partial charge in [-0.2, -0.15) is 24.3 Å². The fraction of sp³-hybridized carbons (Fsp3) is 0.280. The van der Waals surface area contributed by atoms with Crippen molar-refractivity contribution in [2.75, 3.05) is 0 Å². The zero-order chi connectivity index (χ0) is 35.0. The molecular formula is C50H56Hf2-4. The smallest absolute Gasteiger partial charge is 0 e. The van der Waals surface area contributed by atoms with Gasteiger partial charge in [0, 0.05) is 51.7 Å². The number of rotatable bonds is 10. The van der Waals surface area contributed by atoms with Gasteiger partial charge in [0.1, 0.15) is 0 Å². The van der Waals surface area contributed by atoms with Gasteiger partial charge in [-0.25, -0.2) is 0 Å². The van der Waals surface area contributed by atoms with Crippen LogP contribution in [0.15, 0.2) is 146 Å². The van der Waals surface area contributed by atoms with Gasteiger partial charge < -0.3 is 0 Å². The van der Waals surface area contributed by atoms with Crippen LogP contribution in [0.3, 0.4) is 0 Å². The van der Waals surface area contributed by atoms with E-state index < -0.39 is 0 Å². The van der Waals surface area contributed by atoms with Gasteiger partial charge >= 0.3 is 0 Å². The van der Waals surface area contributed by atoms with Crippen molar-refractivity contribution in [2.45, 2.75) is 91.9 Å². The first kappa shape index (κ1) is 43.5.